The standard InChI is InChI=1S/C21H34N4O3.HI/c1-8-23-18(26)13-28-16-10-9-15(11-17(16)27-7)12-24-19(22-6)25-14-20(2,3)21(25,4)5;/h9-11H,8,12-14H2,1-7H3,(H,22,24)(H,23,26);1H. The van der Waals surface area contributed by atoms with Gasteiger partial charge in [0.05, 0.1) is 7.11 Å². The van der Waals surface area contributed by atoms with E-state index in [1.54, 1.807) is 7.11 Å². The number of hydrogen-bond donors (Lipinski definition) is 2. The minimum absolute atomic E-state index is 0. The Bertz CT molecular complexity index is 735. The van der Waals surface area contributed by atoms with Crippen molar-refractivity contribution in [2.24, 2.45) is 10.4 Å². The number of aliphatic imine (C=N–C) groups is 1. The zero-order valence-corrected chi connectivity index (χ0v) is 20.9. The van der Waals surface area contributed by atoms with Crippen molar-refractivity contribution in [2.75, 3.05) is 33.9 Å². The molecule has 2 rings (SSSR count). The molecule has 2 N–H and O–H groups in total. The Morgan fingerprint density at radius 2 is 1.90 bits per heavy atom. The Hall–Kier alpha value is -1.71. The molecule has 1 saturated heterocycles. The van der Waals surface area contributed by atoms with Gasteiger partial charge in [-0.05, 0) is 38.5 Å². The maximum absolute atomic E-state index is 11.6. The van der Waals surface area contributed by atoms with E-state index in [1.165, 1.54) is 0 Å². The van der Waals surface area contributed by atoms with Gasteiger partial charge in [0.15, 0.2) is 24.1 Å². The lowest BCUT2D eigenvalue weighted by Gasteiger charge is -2.62. The molecular formula is C21H35IN4O3. The average molecular weight is 518 g/mol. The highest BCUT2D eigenvalue weighted by Gasteiger charge is 2.53. The second-order valence-corrected chi connectivity index (χ2v) is 8.16. The molecule has 0 bridgehead atoms. The molecule has 1 aromatic carbocycles. The number of nitrogens with one attached hydrogen (secondary N) is 2. The first-order chi connectivity index (χ1) is 13.2. The summed E-state index contributed by atoms with van der Waals surface area (Å²) in [6.45, 7) is 13.0. The van der Waals surface area contributed by atoms with Crippen molar-refractivity contribution in [3.05, 3.63) is 23.8 Å². The fraction of sp³-hybridized carbons (Fsp3) is 0.619. The van der Waals surface area contributed by atoms with Crippen molar-refractivity contribution in [3.63, 3.8) is 0 Å². The Kier molecular flexibility index (Phi) is 9.05. The number of methoxy groups -OCH3 is 1. The highest BCUT2D eigenvalue weighted by Crippen LogP contribution is 2.46. The van der Waals surface area contributed by atoms with E-state index in [1.807, 2.05) is 32.2 Å². The number of rotatable bonds is 7. The van der Waals surface area contributed by atoms with Crippen LogP contribution in [0.3, 0.4) is 0 Å². The average Bonchev–Trinajstić information content (AvgIpc) is 2.66. The Labute approximate surface area is 191 Å². The highest BCUT2D eigenvalue weighted by atomic mass is 127. The first-order valence-electron chi connectivity index (χ1n) is 9.71. The van der Waals surface area contributed by atoms with Crippen LogP contribution in [0.15, 0.2) is 23.2 Å². The fourth-order valence-electron chi connectivity index (χ4n) is 3.21. The molecule has 29 heavy (non-hydrogen) atoms. The normalized spacial score (nSPS) is 16.9. The summed E-state index contributed by atoms with van der Waals surface area (Å²) in [6, 6.07) is 5.70. The molecule has 1 aliphatic rings. The van der Waals surface area contributed by atoms with Crippen molar-refractivity contribution >= 4 is 35.8 Å². The molecule has 1 aromatic rings. The molecule has 1 fully saturated rings. The maximum Gasteiger partial charge on any atom is 0.257 e. The van der Waals surface area contributed by atoms with Gasteiger partial charge in [-0.1, -0.05) is 19.9 Å². The first kappa shape index (κ1) is 25.3. The summed E-state index contributed by atoms with van der Waals surface area (Å²) < 4.78 is 11.0. The van der Waals surface area contributed by atoms with Crippen LogP contribution in [0.4, 0.5) is 0 Å². The molecule has 0 saturated carbocycles. The number of likely N-dealkylation sites (N-methyl/N-ethyl adjacent to an activating group) is 1. The topological polar surface area (TPSA) is 75.2 Å². The molecule has 0 radical (unpaired) electrons. The van der Waals surface area contributed by atoms with Crippen LogP contribution in [0.1, 0.15) is 40.2 Å². The minimum atomic E-state index is -0.154. The first-order valence-corrected chi connectivity index (χ1v) is 9.71. The van der Waals surface area contributed by atoms with Gasteiger partial charge in [0, 0.05) is 37.6 Å². The van der Waals surface area contributed by atoms with Crippen molar-refractivity contribution < 1.29 is 14.3 Å². The van der Waals surface area contributed by atoms with Gasteiger partial charge in [-0.25, -0.2) is 0 Å². The SMILES string of the molecule is CCNC(=O)COc1ccc(CNC(=NC)N2CC(C)(C)C2(C)C)cc1OC.I. The molecule has 1 aliphatic heterocycles. The predicted octanol–water partition coefficient (Wildman–Crippen LogP) is 3.02. The smallest absolute Gasteiger partial charge is 0.257 e. The molecule has 0 spiro atoms. The van der Waals surface area contributed by atoms with Crippen LogP contribution in [-0.4, -0.2) is 56.2 Å². The zero-order chi connectivity index (χ0) is 20.9. The molecule has 164 valence electrons. The Morgan fingerprint density at radius 1 is 1.21 bits per heavy atom. The van der Waals surface area contributed by atoms with Crippen LogP contribution in [0.25, 0.3) is 0 Å². The van der Waals surface area contributed by atoms with E-state index in [9.17, 15) is 4.79 Å². The molecule has 0 aromatic heterocycles. The van der Waals surface area contributed by atoms with Gasteiger partial charge in [0.25, 0.3) is 5.91 Å². The summed E-state index contributed by atoms with van der Waals surface area (Å²) in [5.41, 5.74) is 1.33. The second kappa shape index (κ2) is 10.4. The number of carbonyl (C=O) groups excluding carboxylic acids is 1. The van der Waals surface area contributed by atoms with E-state index in [0.717, 1.165) is 18.1 Å². The van der Waals surface area contributed by atoms with Gasteiger partial charge in [0.2, 0.25) is 0 Å². The van der Waals surface area contributed by atoms with E-state index in [2.05, 4.69) is 48.2 Å². The van der Waals surface area contributed by atoms with E-state index >= 15 is 0 Å². The quantitative estimate of drug-likeness (QED) is 0.330. The summed E-state index contributed by atoms with van der Waals surface area (Å²) in [5, 5.41) is 6.14. The van der Waals surface area contributed by atoms with Crippen molar-refractivity contribution in [1.29, 1.82) is 0 Å². The third-order valence-corrected chi connectivity index (χ3v) is 5.76. The predicted molar refractivity (Wildman–Crippen MR) is 127 cm³/mol. The van der Waals surface area contributed by atoms with Gasteiger partial charge in [-0.3, -0.25) is 9.79 Å². The van der Waals surface area contributed by atoms with Crippen molar-refractivity contribution in [3.8, 4) is 11.5 Å². The summed E-state index contributed by atoms with van der Waals surface area (Å²) in [7, 11) is 3.40. The molecule has 7 nitrogen and oxygen atoms in total. The fourth-order valence-corrected chi connectivity index (χ4v) is 3.21. The lowest BCUT2D eigenvalue weighted by molar-refractivity contribution is -0.123. The molecule has 1 heterocycles. The van der Waals surface area contributed by atoms with Gasteiger partial charge in [-0.2, -0.15) is 0 Å². The summed E-state index contributed by atoms with van der Waals surface area (Å²) in [4.78, 5) is 18.3. The largest absolute Gasteiger partial charge is 0.493 e. The number of nitrogens with zero attached hydrogens (tertiary/aromatic N) is 2. The van der Waals surface area contributed by atoms with Crippen LogP contribution in [0, 0.1) is 5.41 Å². The highest BCUT2D eigenvalue weighted by molar-refractivity contribution is 14.0. The molecule has 0 unspecified atom stereocenters. The molecule has 0 aliphatic carbocycles. The van der Waals surface area contributed by atoms with Crippen LogP contribution in [0.5, 0.6) is 11.5 Å². The van der Waals surface area contributed by atoms with E-state index in [-0.39, 0.29) is 47.4 Å². The number of halogens is 1. The Morgan fingerprint density at radius 3 is 2.41 bits per heavy atom. The number of carbonyl (C=O) groups is 1. The molecule has 8 heteroatoms. The number of hydrogen-bond acceptors (Lipinski definition) is 4. The van der Waals surface area contributed by atoms with Crippen LogP contribution in [-0.2, 0) is 11.3 Å². The van der Waals surface area contributed by atoms with Crippen molar-refractivity contribution in [2.45, 2.75) is 46.7 Å². The monoisotopic (exact) mass is 518 g/mol. The molecular weight excluding hydrogens is 483 g/mol. The third-order valence-electron chi connectivity index (χ3n) is 5.76. The Balaban J connectivity index is 0.00000420. The number of amides is 1. The summed E-state index contributed by atoms with van der Waals surface area (Å²) >= 11 is 0. The third kappa shape index (κ3) is 5.67. The lowest BCUT2D eigenvalue weighted by atomic mass is 9.65. The van der Waals surface area contributed by atoms with Gasteiger partial charge in [-0.15, -0.1) is 24.0 Å². The van der Waals surface area contributed by atoms with Crippen LogP contribution >= 0.6 is 24.0 Å². The number of benzene rings is 1. The van der Waals surface area contributed by atoms with Gasteiger partial charge < -0.3 is 25.0 Å². The second-order valence-electron chi connectivity index (χ2n) is 8.16. The summed E-state index contributed by atoms with van der Waals surface area (Å²) in [6.07, 6.45) is 0. The van der Waals surface area contributed by atoms with E-state index < -0.39 is 0 Å². The molecule has 0 atom stereocenters. The maximum atomic E-state index is 11.6. The lowest BCUT2D eigenvalue weighted by Crippen LogP contribution is -2.72. The van der Waals surface area contributed by atoms with E-state index in [4.69, 9.17) is 9.47 Å². The van der Waals surface area contributed by atoms with Crippen LogP contribution in [0.2, 0.25) is 0 Å². The van der Waals surface area contributed by atoms with Crippen LogP contribution < -0.4 is 20.1 Å². The van der Waals surface area contributed by atoms with Crippen molar-refractivity contribution in [1.82, 2.24) is 15.5 Å². The minimum Gasteiger partial charge on any atom is -0.493 e. The number of guanidine groups is 1. The van der Waals surface area contributed by atoms with E-state index in [0.29, 0.717) is 24.6 Å². The van der Waals surface area contributed by atoms with Gasteiger partial charge in [0.1, 0.15) is 0 Å². The molecule has 1 amide bonds. The number of likely N-dealkylation sites (tertiary alicyclic amines) is 1. The zero-order valence-electron chi connectivity index (χ0n) is 18.6. The van der Waals surface area contributed by atoms with Gasteiger partial charge >= 0.3 is 0 Å². The summed E-state index contributed by atoms with van der Waals surface area (Å²) in [5.74, 6) is 1.88. The number of ether oxygens (including phenoxy) is 2.